The van der Waals surface area contributed by atoms with E-state index in [1.54, 1.807) is 6.20 Å². The molecule has 1 aromatic carbocycles. The van der Waals surface area contributed by atoms with Crippen molar-refractivity contribution in [2.75, 3.05) is 5.73 Å². The van der Waals surface area contributed by atoms with E-state index in [1.165, 1.54) is 0 Å². The highest BCUT2D eigenvalue weighted by Crippen LogP contribution is 2.30. The van der Waals surface area contributed by atoms with E-state index in [0.29, 0.717) is 10.8 Å². The van der Waals surface area contributed by atoms with E-state index in [2.05, 4.69) is 4.98 Å². The molecule has 0 aliphatic carbocycles. The summed E-state index contributed by atoms with van der Waals surface area (Å²) in [5, 5.41) is 0.691. The molecule has 2 nitrogen and oxygen atoms in total. The van der Waals surface area contributed by atoms with Gasteiger partial charge in [-0.3, -0.25) is 0 Å². The molecule has 2 aromatic rings. The summed E-state index contributed by atoms with van der Waals surface area (Å²) in [5.74, 6) is 0.508. The average molecular weight is 219 g/mol. The lowest BCUT2D eigenvalue weighted by atomic mass is 10.1. The van der Waals surface area contributed by atoms with Crippen LogP contribution < -0.4 is 5.73 Å². The van der Waals surface area contributed by atoms with Gasteiger partial charge in [-0.15, -0.1) is 0 Å². The summed E-state index contributed by atoms with van der Waals surface area (Å²) >= 11 is 6.10. The molecule has 15 heavy (non-hydrogen) atoms. The maximum absolute atomic E-state index is 6.10. The van der Waals surface area contributed by atoms with Gasteiger partial charge in [-0.05, 0) is 24.6 Å². The van der Waals surface area contributed by atoms with Crippen LogP contribution in [0.25, 0.3) is 11.1 Å². The minimum absolute atomic E-state index is 0.508. The van der Waals surface area contributed by atoms with Crippen molar-refractivity contribution < 1.29 is 0 Å². The first-order chi connectivity index (χ1) is 7.18. The third-order valence-corrected chi connectivity index (χ3v) is 2.55. The summed E-state index contributed by atoms with van der Waals surface area (Å²) < 4.78 is 0. The Morgan fingerprint density at radius 1 is 1.20 bits per heavy atom. The molecule has 76 valence electrons. The molecule has 0 spiro atoms. The Kier molecular flexibility index (Phi) is 2.60. The fourth-order valence-corrected chi connectivity index (χ4v) is 1.71. The lowest BCUT2D eigenvalue weighted by Crippen LogP contribution is -1.94. The second-order valence-corrected chi connectivity index (χ2v) is 3.83. The predicted molar refractivity (Wildman–Crippen MR) is 63.8 cm³/mol. The summed E-state index contributed by atoms with van der Waals surface area (Å²) in [6.45, 7) is 1.98. The second kappa shape index (κ2) is 3.91. The highest BCUT2D eigenvalue weighted by molar-refractivity contribution is 6.33. The van der Waals surface area contributed by atoms with Crippen LogP contribution in [0, 0.1) is 6.92 Å². The number of nitrogens with zero attached hydrogens (tertiary/aromatic N) is 1. The third kappa shape index (κ3) is 1.95. The van der Waals surface area contributed by atoms with Crippen LogP contribution in [0.1, 0.15) is 5.56 Å². The number of hydrogen-bond donors (Lipinski definition) is 1. The second-order valence-electron chi connectivity index (χ2n) is 3.43. The molecular weight excluding hydrogens is 208 g/mol. The third-order valence-electron chi connectivity index (χ3n) is 2.22. The molecule has 1 heterocycles. The van der Waals surface area contributed by atoms with Gasteiger partial charge < -0.3 is 5.73 Å². The summed E-state index contributed by atoms with van der Waals surface area (Å²) in [5.41, 5.74) is 8.70. The summed E-state index contributed by atoms with van der Waals surface area (Å²) in [7, 11) is 0. The molecule has 3 heteroatoms. The molecule has 1 aromatic heterocycles. The van der Waals surface area contributed by atoms with Crippen molar-refractivity contribution in [3.8, 4) is 11.1 Å². The highest BCUT2D eigenvalue weighted by atomic mass is 35.5. The van der Waals surface area contributed by atoms with Crippen molar-refractivity contribution in [1.29, 1.82) is 0 Å². The first-order valence-corrected chi connectivity index (χ1v) is 5.03. The average Bonchev–Trinajstić information content (AvgIpc) is 2.23. The number of nitrogens with two attached hydrogens (primary N) is 1. The van der Waals surface area contributed by atoms with Gasteiger partial charge in [0.1, 0.15) is 5.82 Å². The Hall–Kier alpha value is -1.54. The molecule has 2 N–H and O–H groups in total. The number of rotatable bonds is 1. The van der Waals surface area contributed by atoms with E-state index in [-0.39, 0.29) is 0 Å². The number of nitrogen functional groups attached to an aromatic ring is 1. The van der Waals surface area contributed by atoms with Crippen LogP contribution in [0.5, 0.6) is 0 Å². The van der Waals surface area contributed by atoms with Crippen LogP contribution in [0.4, 0.5) is 5.82 Å². The Labute approximate surface area is 93.7 Å². The number of aryl methyl sites for hydroxylation is 1. The van der Waals surface area contributed by atoms with Crippen LogP contribution >= 0.6 is 11.6 Å². The quantitative estimate of drug-likeness (QED) is 0.798. The number of pyridine rings is 1. The van der Waals surface area contributed by atoms with E-state index in [1.807, 2.05) is 37.3 Å². The minimum atomic E-state index is 0.508. The number of halogens is 1. The maximum atomic E-state index is 6.10. The van der Waals surface area contributed by atoms with Gasteiger partial charge in [0.2, 0.25) is 0 Å². The zero-order chi connectivity index (χ0) is 10.8. The summed E-state index contributed by atoms with van der Waals surface area (Å²) in [6, 6.07) is 9.60. The van der Waals surface area contributed by atoms with Crippen molar-refractivity contribution in [3.05, 3.63) is 47.1 Å². The van der Waals surface area contributed by atoms with Gasteiger partial charge in [-0.25, -0.2) is 4.98 Å². The largest absolute Gasteiger partial charge is 0.383 e. The maximum Gasteiger partial charge on any atom is 0.131 e. The van der Waals surface area contributed by atoms with Crippen LogP contribution in [-0.4, -0.2) is 4.98 Å². The van der Waals surface area contributed by atoms with Gasteiger partial charge in [-0.1, -0.05) is 29.8 Å². The lowest BCUT2D eigenvalue weighted by molar-refractivity contribution is 1.28. The predicted octanol–water partition coefficient (Wildman–Crippen LogP) is 3.29. The van der Waals surface area contributed by atoms with Crippen molar-refractivity contribution >= 4 is 17.4 Å². The first-order valence-electron chi connectivity index (χ1n) is 4.65. The molecule has 0 aliphatic rings. The molecule has 0 saturated carbocycles. The monoisotopic (exact) mass is 218 g/mol. The minimum Gasteiger partial charge on any atom is -0.383 e. The Balaban J connectivity index is 2.64. The normalized spacial score (nSPS) is 10.3. The van der Waals surface area contributed by atoms with Gasteiger partial charge in [0, 0.05) is 22.3 Å². The van der Waals surface area contributed by atoms with Gasteiger partial charge in [-0.2, -0.15) is 0 Å². The SMILES string of the molecule is Cc1cnc(N)c(-c2ccccc2Cl)c1. The topological polar surface area (TPSA) is 38.9 Å². The smallest absolute Gasteiger partial charge is 0.131 e. The molecule has 0 unspecified atom stereocenters. The zero-order valence-electron chi connectivity index (χ0n) is 8.37. The van der Waals surface area contributed by atoms with E-state index < -0.39 is 0 Å². The number of aromatic nitrogens is 1. The van der Waals surface area contributed by atoms with E-state index in [9.17, 15) is 0 Å². The Bertz CT molecular complexity index is 495. The first kappa shape index (κ1) is 9.99. The van der Waals surface area contributed by atoms with Crippen molar-refractivity contribution in [2.24, 2.45) is 0 Å². The molecular formula is C12H11ClN2. The standard InChI is InChI=1S/C12H11ClN2/c1-8-6-10(12(14)15-7-8)9-4-2-3-5-11(9)13/h2-7H,1H3,(H2,14,15). The van der Waals surface area contributed by atoms with E-state index in [4.69, 9.17) is 17.3 Å². The van der Waals surface area contributed by atoms with Gasteiger partial charge in [0.25, 0.3) is 0 Å². The van der Waals surface area contributed by atoms with E-state index in [0.717, 1.165) is 16.7 Å². The van der Waals surface area contributed by atoms with Crippen molar-refractivity contribution in [3.63, 3.8) is 0 Å². The molecule has 0 fully saturated rings. The number of benzene rings is 1. The molecule has 2 rings (SSSR count). The molecule has 0 saturated heterocycles. The van der Waals surface area contributed by atoms with Gasteiger partial charge >= 0.3 is 0 Å². The van der Waals surface area contributed by atoms with Gasteiger partial charge in [0.05, 0.1) is 0 Å². The molecule has 0 amide bonds. The Morgan fingerprint density at radius 2 is 1.93 bits per heavy atom. The molecule has 0 radical (unpaired) electrons. The van der Waals surface area contributed by atoms with Crippen molar-refractivity contribution in [2.45, 2.75) is 6.92 Å². The fraction of sp³-hybridized carbons (Fsp3) is 0.0833. The fourth-order valence-electron chi connectivity index (χ4n) is 1.48. The summed E-state index contributed by atoms with van der Waals surface area (Å²) in [4.78, 5) is 4.12. The molecule has 0 atom stereocenters. The van der Waals surface area contributed by atoms with Crippen LogP contribution in [0.3, 0.4) is 0 Å². The van der Waals surface area contributed by atoms with Crippen LogP contribution in [0.15, 0.2) is 36.5 Å². The van der Waals surface area contributed by atoms with E-state index >= 15 is 0 Å². The van der Waals surface area contributed by atoms with Crippen LogP contribution in [-0.2, 0) is 0 Å². The van der Waals surface area contributed by atoms with Crippen molar-refractivity contribution in [1.82, 2.24) is 4.98 Å². The van der Waals surface area contributed by atoms with Gasteiger partial charge in [0.15, 0.2) is 0 Å². The van der Waals surface area contributed by atoms with Crippen LogP contribution in [0.2, 0.25) is 5.02 Å². The zero-order valence-corrected chi connectivity index (χ0v) is 9.12. The Morgan fingerprint density at radius 3 is 2.67 bits per heavy atom. The molecule has 0 aliphatic heterocycles. The number of anilines is 1. The summed E-state index contributed by atoms with van der Waals surface area (Å²) in [6.07, 6.45) is 1.75. The molecule has 0 bridgehead atoms. The highest BCUT2D eigenvalue weighted by Gasteiger charge is 2.07. The lowest BCUT2D eigenvalue weighted by Gasteiger charge is -2.07. The number of hydrogen-bond acceptors (Lipinski definition) is 2.